The molecule has 0 aliphatic heterocycles. The van der Waals surface area contributed by atoms with Crippen molar-refractivity contribution in [2.45, 2.75) is 39.3 Å². The second kappa shape index (κ2) is 8.64. The van der Waals surface area contributed by atoms with Gasteiger partial charge in [-0.1, -0.05) is 54.6 Å². The van der Waals surface area contributed by atoms with Crippen LogP contribution in [0.2, 0.25) is 0 Å². The van der Waals surface area contributed by atoms with E-state index in [1.54, 1.807) is 0 Å². The molecule has 0 unspecified atom stereocenters. The zero-order valence-corrected chi connectivity index (χ0v) is 17.8. The van der Waals surface area contributed by atoms with Gasteiger partial charge in [0.1, 0.15) is 0 Å². The highest BCUT2D eigenvalue weighted by atomic mass is 15.1. The van der Waals surface area contributed by atoms with E-state index in [0.29, 0.717) is 5.95 Å². The Balaban J connectivity index is 1.50. The van der Waals surface area contributed by atoms with Crippen molar-refractivity contribution in [3.63, 3.8) is 0 Å². The monoisotopic (exact) mass is 396 g/mol. The van der Waals surface area contributed by atoms with Gasteiger partial charge in [-0.05, 0) is 67.1 Å². The molecule has 3 aromatic carbocycles. The molecule has 4 aromatic rings. The Morgan fingerprint density at radius 1 is 0.967 bits per heavy atom. The molecule has 0 radical (unpaired) electrons. The number of aryl methyl sites for hydroxylation is 1. The first-order valence-corrected chi connectivity index (χ1v) is 10.4. The fourth-order valence-electron chi connectivity index (χ4n) is 3.80. The van der Waals surface area contributed by atoms with Crippen LogP contribution in [0.1, 0.15) is 36.6 Å². The first kappa shape index (κ1) is 20.0. The van der Waals surface area contributed by atoms with Crippen molar-refractivity contribution >= 4 is 16.9 Å². The minimum Gasteiger partial charge on any atom is -0.351 e. The molecule has 4 heteroatoms. The van der Waals surface area contributed by atoms with Gasteiger partial charge >= 0.3 is 0 Å². The van der Waals surface area contributed by atoms with Gasteiger partial charge in [-0.25, -0.2) is 9.97 Å². The standard InChI is InChI=1S/C26H28N4/c1-17-7-4-5-10-24(17)22-11-12-25-23(15-22)16-28-26(30-25)29-18(2)13-20-8-6-9-21(14-20)19(3)27/h4-12,14-16,18-19H,13,27H2,1-3H3,(H,28,29,30)/t18-,19-/m0/s1. The fraction of sp³-hybridized carbons (Fsp3) is 0.231. The van der Waals surface area contributed by atoms with Crippen LogP contribution < -0.4 is 11.1 Å². The largest absolute Gasteiger partial charge is 0.351 e. The molecule has 2 atom stereocenters. The van der Waals surface area contributed by atoms with Crippen molar-refractivity contribution in [3.8, 4) is 11.1 Å². The molecule has 0 aliphatic carbocycles. The Bertz CT molecular complexity index is 1170. The summed E-state index contributed by atoms with van der Waals surface area (Å²) in [5, 5.41) is 4.47. The Morgan fingerprint density at radius 3 is 2.60 bits per heavy atom. The highest BCUT2D eigenvalue weighted by Crippen LogP contribution is 2.26. The van der Waals surface area contributed by atoms with Gasteiger partial charge in [0, 0.05) is 23.7 Å². The number of hydrogen-bond donors (Lipinski definition) is 2. The molecule has 0 aliphatic rings. The summed E-state index contributed by atoms with van der Waals surface area (Å²) < 4.78 is 0. The SMILES string of the molecule is Cc1ccccc1-c1ccc2nc(N[C@@H](C)Cc3cccc([C@H](C)N)c3)ncc2c1. The predicted octanol–water partition coefficient (Wildman–Crippen LogP) is 5.67. The van der Waals surface area contributed by atoms with Crippen molar-refractivity contribution in [2.75, 3.05) is 5.32 Å². The summed E-state index contributed by atoms with van der Waals surface area (Å²) in [6, 6.07) is 23.5. The molecule has 0 bridgehead atoms. The summed E-state index contributed by atoms with van der Waals surface area (Å²) >= 11 is 0. The van der Waals surface area contributed by atoms with Crippen LogP contribution in [0.5, 0.6) is 0 Å². The number of rotatable bonds is 6. The number of hydrogen-bond acceptors (Lipinski definition) is 4. The van der Waals surface area contributed by atoms with Crippen molar-refractivity contribution in [1.82, 2.24) is 9.97 Å². The maximum atomic E-state index is 6.01. The van der Waals surface area contributed by atoms with Crippen LogP contribution in [0.25, 0.3) is 22.0 Å². The number of fused-ring (bicyclic) bond motifs is 1. The average molecular weight is 397 g/mol. The van der Waals surface area contributed by atoms with E-state index in [2.05, 4.69) is 90.9 Å². The van der Waals surface area contributed by atoms with Gasteiger partial charge < -0.3 is 11.1 Å². The summed E-state index contributed by atoms with van der Waals surface area (Å²) in [4.78, 5) is 9.27. The summed E-state index contributed by atoms with van der Waals surface area (Å²) in [7, 11) is 0. The van der Waals surface area contributed by atoms with E-state index >= 15 is 0 Å². The molecule has 0 spiro atoms. The van der Waals surface area contributed by atoms with E-state index in [-0.39, 0.29) is 12.1 Å². The summed E-state index contributed by atoms with van der Waals surface area (Å²) in [6.07, 6.45) is 2.78. The lowest BCUT2D eigenvalue weighted by molar-refractivity contribution is 0.769. The van der Waals surface area contributed by atoms with E-state index < -0.39 is 0 Å². The third-order valence-electron chi connectivity index (χ3n) is 5.43. The quantitative estimate of drug-likeness (QED) is 0.441. The van der Waals surface area contributed by atoms with Gasteiger partial charge in [0.2, 0.25) is 5.95 Å². The van der Waals surface area contributed by atoms with Crippen molar-refractivity contribution < 1.29 is 0 Å². The Kier molecular flexibility index (Phi) is 5.77. The molecule has 1 heterocycles. The van der Waals surface area contributed by atoms with E-state index in [1.807, 2.05) is 13.1 Å². The zero-order valence-electron chi connectivity index (χ0n) is 17.8. The minimum absolute atomic E-state index is 0.0431. The highest BCUT2D eigenvalue weighted by Gasteiger charge is 2.09. The Hall–Kier alpha value is -3.24. The van der Waals surface area contributed by atoms with E-state index in [4.69, 9.17) is 10.7 Å². The molecule has 4 nitrogen and oxygen atoms in total. The molecular formula is C26H28N4. The average Bonchev–Trinajstić information content (AvgIpc) is 2.74. The molecule has 0 saturated heterocycles. The van der Waals surface area contributed by atoms with Crippen molar-refractivity contribution in [1.29, 1.82) is 0 Å². The second-order valence-corrected chi connectivity index (χ2v) is 8.07. The normalized spacial score (nSPS) is 13.2. The first-order valence-electron chi connectivity index (χ1n) is 10.4. The molecule has 30 heavy (non-hydrogen) atoms. The van der Waals surface area contributed by atoms with Crippen LogP contribution in [0.15, 0.2) is 72.9 Å². The number of benzene rings is 3. The Morgan fingerprint density at radius 2 is 1.80 bits per heavy atom. The van der Waals surface area contributed by atoms with Gasteiger partial charge in [0.15, 0.2) is 0 Å². The maximum absolute atomic E-state index is 6.01. The zero-order chi connectivity index (χ0) is 21.1. The third kappa shape index (κ3) is 4.50. The van der Waals surface area contributed by atoms with Crippen LogP contribution in [-0.4, -0.2) is 16.0 Å². The predicted molar refractivity (Wildman–Crippen MR) is 126 cm³/mol. The first-order chi connectivity index (χ1) is 14.5. The fourth-order valence-corrected chi connectivity index (χ4v) is 3.80. The van der Waals surface area contributed by atoms with Crippen LogP contribution >= 0.6 is 0 Å². The van der Waals surface area contributed by atoms with Crippen molar-refractivity contribution in [2.24, 2.45) is 5.73 Å². The molecule has 4 rings (SSSR count). The smallest absolute Gasteiger partial charge is 0.223 e. The van der Waals surface area contributed by atoms with Crippen LogP contribution in [-0.2, 0) is 6.42 Å². The summed E-state index contributed by atoms with van der Waals surface area (Å²) in [6.45, 7) is 6.29. The summed E-state index contributed by atoms with van der Waals surface area (Å²) in [5.74, 6) is 0.655. The third-order valence-corrected chi connectivity index (χ3v) is 5.43. The van der Waals surface area contributed by atoms with Gasteiger partial charge in [-0.3, -0.25) is 0 Å². The number of nitrogens with two attached hydrogens (primary N) is 1. The van der Waals surface area contributed by atoms with E-state index in [1.165, 1.54) is 22.3 Å². The lowest BCUT2D eigenvalue weighted by Gasteiger charge is -2.15. The molecule has 1 aromatic heterocycles. The molecule has 0 fully saturated rings. The molecule has 152 valence electrons. The molecule has 3 N–H and O–H groups in total. The van der Waals surface area contributed by atoms with Gasteiger partial charge in [0.05, 0.1) is 5.52 Å². The maximum Gasteiger partial charge on any atom is 0.223 e. The van der Waals surface area contributed by atoms with E-state index in [0.717, 1.165) is 22.9 Å². The number of nitrogens with one attached hydrogen (secondary N) is 1. The lowest BCUT2D eigenvalue weighted by Crippen LogP contribution is -2.20. The van der Waals surface area contributed by atoms with Crippen molar-refractivity contribution in [3.05, 3.63) is 89.6 Å². The molecule has 0 saturated carbocycles. The molecule has 0 amide bonds. The van der Waals surface area contributed by atoms with Crippen LogP contribution in [0.4, 0.5) is 5.95 Å². The second-order valence-electron chi connectivity index (χ2n) is 8.07. The van der Waals surface area contributed by atoms with Gasteiger partial charge in [-0.2, -0.15) is 0 Å². The van der Waals surface area contributed by atoms with Crippen LogP contribution in [0.3, 0.4) is 0 Å². The topological polar surface area (TPSA) is 63.8 Å². The highest BCUT2D eigenvalue weighted by molar-refractivity contribution is 5.85. The number of nitrogens with zero attached hydrogens (tertiary/aromatic N) is 2. The molecular weight excluding hydrogens is 368 g/mol. The lowest BCUT2D eigenvalue weighted by atomic mass is 9.99. The van der Waals surface area contributed by atoms with Gasteiger partial charge in [0.25, 0.3) is 0 Å². The minimum atomic E-state index is 0.0431. The van der Waals surface area contributed by atoms with E-state index in [9.17, 15) is 0 Å². The number of aromatic nitrogens is 2. The van der Waals surface area contributed by atoms with Gasteiger partial charge in [-0.15, -0.1) is 0 Å². The summed E-state index contributed by atoms with van der Waals surface area (Å²) in [5.41, 5.74) is 13.1. The number of anilines is 1. The Labute approximate surface area is 178 Å². The van der Waals surface area contributed by atoms with Crippen LogP contribution in [0, 0.1) is 6.92 Å².